The number of hydrogen-bond donors (Lipinski definition) is 1. The molecule has 4 heteroatoms. The molecule has 1 rings (SSSR count). The van der Waals surface area contributed by atoms with Crippen molar-refractivity contribution in [1.29, 1.82) is 0 Å². The second-order valence-electron chi connectivity index (χ2n) is 4.84. The zero-order valence-electron chi connectivity index (χ0n) is 9.05. The first-order valence-electron chi connectivity index (χ1n) is 4.54. The zero-order chi connectivity index (χ0) is 11.1. The first kappa shape index (κ1) is 11.6. The molecular formula is C10H16N2S2. The second-order valence-corrected chi connectivity index (χ2v) is 5.65. The maximum absolute atomic E-state index is 5.79. The predicted octanol–water partition coefficient (Wildman–Crippen LogP) is 3.09. The average molecular weight is 228 g/mol. The molecule has 78 valence electrons. The first-order chi connectivity index (χ1) is 6.24. The molecule has 0 aromatic heterocycles. The highest BCUT2D eigenvalue weighted by atomic mass is 32.1. The molecule has 14 heavy (non-hydrogen) atoms. The number of rotatable bonds is 2. The van der Waals surface area contributed by atoms with Crippen LogP contribution in [-0.2, 0) is 0 Å². The Labute approximate surface area is 95.4 Å². The smallest absolute Gasteiger partial charge is 0.0834 e. The van der Waals surface area contributed by atoms with E-state index in [1.807, 2.05) is 7.05 Å². The van der Waals surface area contributed by atoms with E-state index in [9.17, 15) is 0 Å². The number of nitrogens with zero attached hydrogens (tertiary/aromatic N) is 1. The van der Waals surface area contributed by atoms with Crippen LogP contribution in [0.3, 0.4) is 0 Å². The Morgan fingerprint density at radius 1 is 1.21 bits per heavy atom. The van der Waals surface area contributed by atoms with Gasteiger partial charge in [0.2, 0.25) is 0 Å². The summed E-state index contributed by atoms with van der Waals surface area (Å²) in [5.74, 6) is 0. The van der Waals surface area contributed by atoms with Gasteiger partial charge in [-0.05, 0) is 5.41 Å². The van der Waals surface area contributed by atoms with Crippen molar-refractivity contribution in [2.24, 2.45) is 5.41 Å². The van der Waals surface area contributed by atoms with Gasteiger partial charge in [0.15, 0.2) is 0 Å². The number of nitrogens with two attached hydrogens (primary N) is 1. The van der Waals surface area contributed by atoms with E-state index >= 15 is 0 Å². The molecule has 0 fully saturated rings. The lowest BCUT2D eigenvalue weighted by molar-refractivity contribution is 0.419. The van der Waals surface area contributed by atoms with Gasteiger partial charge < -0.3 is 10.6 Å². The minimum absolute atomic E-state index is 0.231. The third kappa shape index (κ3) is 2.12. The molecule has 2 N–H and O–H groups in total. The Hall–Kier alpha value is -0.480. The average Bonchev–Trinajstić information content (AvgIpc) is 2.00. The van der Waals surface area contributed by atoms with Gasteiger partial charge in [0.05, 0.1) is 20.4 Å². The minimum Gasteiger partial charge on any atom is -0.396 e. The van der Waals surface area contributed by atoms with E-state index in [4.69, 9.17) is 30.2 Å². The summed E-state index contributed by atoms with van der Waals surface area (Å²) in [7, 11) is 2.00. The van der Waals surface area contributed by atoms with Crippen molar-refractivity contribution in [3.63, 3.8) is 0 Å². The Kier molecular flexibility index (Phi) is 2.97. The predicted molar refractivity (Wildman–Crippen MR) is 67.6 cm³/mol. The third-order valence-corrected chi connectivity index (χ3v) is 2.97. The molecule has 0 spiro atoms. The fraction of sp³-hybridized carbons (Fsp3) is 0.600. The molecule has 0 atom stereocenters. The van der Waals surface area contributed by atoms with E-state index in [0.717, 1.165) is 16.7 Å². The van der Waals surface area contributed by atoms with Crippen LogP contribution < -0.4 is 10.6 Å². The van der Waals surface area contributed by atoms with Crippen LogP contribution in [0, 0.1) is 14.4 Å². The lowest BCUT2D eigenvalue weighted by atomic mass is 9.96. The molecular weight excluding hydrogens is 212 g/mol. The summed E-state index contributed by atoms with van der Waals surface area (Å²) in [4.78, 5) is 2.09. The van der Waals surface area contributed by atoms with Gasteiger partial charge in [-0.3, -0.25) is 0 Å². The number of nitrogen functional groups attached to an aromatic ring is 1. The molecule has 0 saturated carbocycles. The standard InChI is InChI=1S/C10H16N2S2/c1-10(2,3)5-12(4)7-6(11)8(13)9(7)14/h5,11H2,1-4H3. The van der Waals surface area contributed by atoms with E-state index in [0.29, 0.717) is 10.2 Å². The highest BCUT2D eigenvalue weighted by Crippen LogP contribution is 2.33. The summed E-state index contributed by atoms with van der Waals surface area (Å²) in [6, 6.07) is 0. The van der Waals surface area contributed by atoms with Crippen LogP contribution >= 0.6 is 24.4 Å². The van der Waals surface area contributed by atoms with Gasteiger partial charge in [0, 0.05) is 13.6 Å². The van der Waals surface area contributed by atoms with Gasteiger partial charge in [-0.1, -0.05) is 45.2 Å². The van der Waals surface area contributed by atoms with Crippen molar-refractivity contribution in [2.75, 3.05) is 24.2 Å². The van der Waals surface area contributed by atoms with Gasteiger partial charge in [-0.2, -0.15) is 0 Å². The molecule has 0 saturated heterocycles. The summed E-state index contributed by atoms with van der Waals surface area (Å²) in [5.41, 5.74) is 7.64. The Morgan fingerprint density at radius 3 is 2.07 bits per heavy atom. The van der Waals surface area contributed by atoms with Gasteiger partial charge in [-0.15, -0.1) is 0 Å². The van der Waals surface area contributed by atoms with Gasteiger partial charge >= 0.3 is 0 Å². The summed E-state index contributed by atoms with van der Waals surface area (Å²) >= 11 is 10.2. The fourth-order valence-corrected chi connectivity index (χ4v) is 2.14. The van der Waals surface area contributed by atoms with Crippen LogP contribution in [-0.4, -0.2) is 13.6 Å². The van der Waals surface area contributed by atoms with Crippen LogP contribution in [0.25, 0.3) is 0 Å². The molecule has 0 aliphatic carbocycles. The van der Waals surface area contributed by atoms with Gasteiger partial charge in [0.25, 0.3) is 0 Å². The lowest BCUT2D eigenvalue weighted by Gasteiger charge is -2.30. The zero-order valence-corrected chi connectivity index (χ0v) is 10.7. The number of anilines is 2. The lowest BCUT2D eigenvalue weighted by Crippen LogP contribution is -2.30. The number of hydrogen-bond acceptors (Lipinski definition) is 4. The molecule has 2 nitrogen and oxygen atoms in total. The SMILES string of the molecule is CN(CC(C)(C)C)c1c(N)c(=S)c1=S. The van der Waals surface area contributed by atoms with E-state index < -0.39 is 0 Å². The summed E-state index contributed by atoms with van der Waals surface area (Å²) < 4.78 is 1.39. The Balaban J connectivity index is 2.88. The normalized spacial score (nSPS) is 12.0. The molecule has 0 radical (unpaired) electrons. The maximum Gasteiger partial charge on any atom is 0.0834 e. The Bertz CT molecular complexity index is 408. The second kappa shape index (κ2) is 3.59. The van der Waals surface area contributed by atoms with Crippen molar-refractivity contribution in [2.45, 2.75) is 20.8 Å². The van der Waals surface area contributed by atoms with E-state index in [-0.39, 0.29) is 5.41 Å². The molecule has 0 bridgehead atoms. The topological polar surface area (TPSA) is 29.3 Å². The third-order valence-electron chi connectivity index (χ3n) is 2.01. The van der Waals surface area contributed by atoms with E-state index in [2.05, 4.69) is 25.7 Å². The molecule has 1 aromatic carbocycles. The van der Waals surface area contributed by atoms with Crippen LogP contribution in [0.4, 0.5) is 11.4 Å². The quantitative estimate of drug-likeness (QED) is 0.788. The maximum atomic E-state index is 5.79. The summed E-state index contributed by atoms with van der Waals surface area (Å²) in [5, 5.41) is 0. The van der Waals surface area contributed by atoms with Crippen LogP contribution in [0.5, 0.6) is 0 Å². The highest BCUT2D eigenvalue weighted by Gasteiger charge is 2.20. The highest BCUT2D eigenvalue weighted by molar-refractivity contribution is 7.74. The minimum atomic E-state index is 0.231. The monoisotopic (exact) mass is 228 g/mol. The van der Waals surface area contributed by atoms with Crippen molar-refractivity contribution in [1.82, 2.24) is 0 Å². The van der Waals surface area contributed by atoms with Crippen molar-refractivity contribution >= 4 is 35.8 Å². The summed E-state index contributed by atoms with van der Waals surface area (Å²) in [6.07, 6.45) is 0. The molecule has 1 aromatic rings. The van der Waals surface area contributed by atoms with Crippen LogP contribution in [0.2, 0.25) is 0 Å². The van der Waals surface area contributed by atoms with E-state index in [1.54, 1.807) is 0 Å². The van der Waals surface area contributed by atoms with Gasteiger partial charge in [0.1, 0.15) is 0 Å². The van der Waals surface area contributed by atoms with Crippen LogP contribution in [0.15, 0.2) is 0 Å². The first-order valence-corrected chi connectivity index (χ1v) is 5.35. The van der Waals surface area contributed by atoms with E-state index in [1.165, 1.54) is 0 Å². The molecule has 0 aliphatic rings. The van der Waals surface area contributed by atoms with Crippen molar-refractivity contribution in [3.05, 3.63) is 9.02 Å². The molecule has 0 amide bonds. The van der Waals surface area contributed by atoms with Crippen LogP contribution in [0.1, 0.15) is 20.8 Å². The molecule has 0 aliphatic heterocycles. The molecule has 0 unspecified atom stereocenters. The largest absolute Gasteiger partial charge is 0.396 e. The van der Waals surface area contributed by atoms with Crippen molar-refractivity contribution < 1.29 is 0 Å². The van der Waals surface area contributed by atoms with Crippen molar-refractivity contribution in [3.8, 4) is 0 Å². The Morgan fingerprint density at radius 2 is 1.71 bits per heavy atom. The molecule has 0 heterocycles. The summed E-state index contributed by atoms with van der Waals surface area (Å²) in [6.45, 7) is 7.46. The van der Waals surface area contributed by atoms with Gasteiger partial charge in [-0.25, -0.2) is 0 Å². The fourth-order valence-electron chi connectivity index (χ4n) is 1.57.